The summed E-state index contributed by atoms with van der Waals surface area (Å²) in [4.78, 5) is 11.3. The number of alkyl carbamates (subject to hydrolysis) is 1. The number of hydrogen-bond acceptors (Lipinski definition) is 4. The molecule has 5 N–H and O–H groups in total. The lowest BCUT2D eigenvalue weighted by atomic mass is 10.2. The Morgan fingerprint density at radius 2 is 1.87 bits per heavy atom. The van der Waals surface area contributed by atoms with E-state index in [0.717, 1.165) is 0 Å². The van der Waals surface area contributed by atoms with Crippen LogP contribution in [0.2, 0.25) is 0 Å². The molecule has 0 aliphatic heterocycles. The molecular formula is C9H16BrN3O2. The van der Waals surface area contributed by atoms with E-state index in [1.54, 1.807) is 20.8 Å². The number of carbonyl (C=O) groups excluding carboxylic acids is 1. The normalized spacial score (nSPS) is 13.6. The topological polar surface area (TPSA) is 90.4 Å². The average molecular weight is 278 g/mol. The van der Waals surface area contributed by atoms with Crippen LogP contribution in [0.3, 0.4) is 0 Å². The maximum absolute atomic E-state index is 11.3. The fourth-order valence-corrected chi connectivity index (χ4v) is 0.916. The van der Waals surface area contributed by atoms with Crippen molar-refractivity contribution in [3.8, 4) is 0 Å². The van der Waals surface area contributed by atoms with Crippen LogP contribution >= 0.6 is 15.9 Å². The minimum Gasteiger partial charge on any atom is -0.444 e. The molecule has 0 aliphatic carbocycles. The minimum atomic E-state index is -0.585. The van der Waals surface area contributed by atoms with E-state index in [2.05, 4.69) is 21.2 Å². The molecule has 0 spiro atoms. The predicted octanol–water partition coefficient (Wildman–Crippen LogP) is 1.51. The summed E-state index contributed by atoms with van der Waals surface area (Å²) >= 11 is 3.13. The van der Waals surface area contributed by atoms with E-state index in [4.69, 9.17) is 16.2 Å². The number of rotatable bonds is 2. The summed E-state index contributed by atoms with van der Waals surface area (Å²) in [6, 6.07) is 0. The standard InChI is InChI=1S/C9H16BrN3O2/c1-9(2,3)15-8(14)13-7(5-12)6(10)4-11/h4-5H,11-12H2,1-3H3,(H,13,14)/b6-4+,7-5+. The van der Waals surface area contributed by atoms with Crippen LogP contribution in [0.1, 0.15) is 20.8 Å². The van der Waals surface area contributed by atoms with Crippen LogP contribution in [0.25, 0.3) is 0 Å². The van der Waals surface area contributed by atoms with Crippen molar-refractivity contribution in [3.63, 3.8) is 0 Å². The molecule has 0 bridgehead atoms. The molecule has 0 aromatic heterocycles. The van der Waals surface area contributed by atoms with Gasteiger partial charge in [0.15, 0.2) is 0 Å². The lowest BCUT2D eigenvalue weighted by molar-refractivity contribution is 0.0547. The van der Waals surface area contributed by atoms with Gasteiger partial charge in [-0.1, -0.05) is 0 Å². The summed E-state index contributed by atoms with van der Waals surface area (Å²) in [6.45, 7) is 5.31. The third-order valence-corrected chi connectivity index (χ3v) is 1.90. The molecule has 0 fully saturated rings. The maximum Gasteiger partial charge on any atom is 0.412 e. The fraction of sp³-hybridized carbons (Fsp3) is 0.444. The number of amides is 1. The van der Waals surface area contributed by atoms with E-state index in [1.807, 2.05) is 0 Å². The van der Waals surface area contributed by atoms with Gasteiger partial charge in [0, 0.05) is 12.4 Å². The zero-order valence-electron chi connectivity index (χ0n) is 9.00. The van der Waals surface area contributed by atoms with Gasteiger partial charge < -0.3 is 16.2 Å². The Morgan fingerprint density at radius 1 is 1.33 bits per heavy atom. The number of allylic oxidation sites excluding steroid dienone is 1. The number of hydrogen-bond donors (Lipinski definition) is 3. The molecule has 0 aromatic carbocycles. The molecular weight excluding hydrogens is 262 g/mol. The van der Waals surface area contributed by atoms with Crippen molar-refractivity contribution < 1.29 is 9.53 Å². The monoisotopic (exact) mass is 277 g/mol. The van der Waals surface area contributed by atoms with E-state index in [9.17, 15) is 4.79 Å². The number of nitrogens with two attached hydrogens (primary N) is 2. The Morgan fingerprint density at radius 3 is 2.20 bits per heavy atom. The summed E-state index contributed by atoms with van der Waals surface area (Å²) in [5.74, 6) is 0. The van der Waals surface area contributed by atoms with E-state index in [-0.39, 0.29) is 0 Å². The molecule has 0 atom stereocenters. The Kier molecular flexibility index (Phi) is 5.21. The molecule has 6 heteroatoms. The highest BCUT2D eigenvalue weighted by Crippen LogP contribution is 2.13. The first-order chi connectivity index (χ1) is 6.80. The van der Waals surface area contributed by atoms with Crippen LogP contribution < -0.4 is 16.8 Å². The van der Waals surface area contributed by atoms with Crippen LogP contribution in [-0.2, 0) is 4.74 Å². The van der Waals surface area contributed by atoms with Crippen LogP contribution in [0, 0.1) is 0 Å². The van der Waals surface area contributed by atoms with Gasteiger partial charge in [-0.2, -0.15) is 0 Å². The number of halogens is 1. The van der Waals surface area contributed by atoms with Gasteiger partial charge in [-0.15, -0.1) is 0 Å². The zero-order valence-corrected chi connectivity index (χ0v) is 10.6. The second-order valence-electron chi connectivity index (χ2n) is 3.72. The van der Waals surface area contributed by atoms with E-state index < -0.39 is 11.7 Å². The average Bonchev–Trinajstić information content (AvgIpc) is 2.10. The Hall–Kier alpha value is -1.17. The third kappa shape index (κ3) is 6.01. The van der Waals surface area contributed by atoms with Gasteiger partial charge in [-0.05, 0) is 36.7 Å². The second-order valence-corrected chi connectivity index (χ2v) is 4.58. The zero-order chi connectivity index (χ0) is 12.1. The predicted molar refractivity (Wildman–Crippen MR) is 62.8 cm³/mol. The summed E-state index contributed by atoms with van der Waals surface area (Å²) in [7, 11) is 0. The van der Waals surface area contributed by atoms with E-state index >= 15 is 0 Å². The maximum atomic E-state index is 11.3. The van der Waals surface area contributed by atoms with Gasteiger partial charge in [-0.25, -0.2) is 4.79 Å². The van der Waals surface area contributed by atoms with Crippen molar-refractivity contribution >= 4 is 22.0 Å². The molecule has 0 radical (unpaired) electrons. The molecule has 0 aliphatic rings. The third-order valence-electron chi connectivity index (χ3n) is 1.21. The minimum absolute atomic E-state index is 0.353. The van der Waals surface area contributed by atoms with E-state index in [0.29, 0.717) is 10.2 Å². The van der Waals surface area contributed by atoms with Crippen molar-refractivity contribution in [2.75, 3.05) is 0 Å². The summed E-state index contributed by atoms with van der Waals surface area (Å²) < 4.78 is 5.51. The highest BCUT2D eigenvalue weighted by atomic mass is 79.9. The molecule has 86 valence electrons. The molecule has 0 saturated heterocycles. The number of nitrogens with one attached hydrogen (secondary N) is 1. The molecule has 5 nitrogen and oxygen atoms in total. The largest absolute Gasteiger partial charge is 0.444 e. The molecule has 0 heterocycles. The Bertz CT molecular complexity index is 292. The second kappa shape index (κ2) is 5.65. The lowest BCUT2D eigenvalue weighted by Gasteiger charge is -2.20. The molecule has 0 aromatic rings. The number of carbonyl (C=O) groups is 1. The van der Waals surface area contributed by atoms with Crippen LogP contribution in [0.5, 0.6) is 0 Å². The molecule has 0 unspecified atom stereocenters. The van der Waals surface area contributed by atoms with Gasteiger partial charge in [0.1, 0.15) is 5.60 Å². The van der Waals surface area contributed by atoms with Gasteiger partial charge in [0.2, 0.25) is 0 Å². The summed E-state index contributed by atoms with van der Waals surface area (Å²) in [5.41, 5.74) is 10.4. The SMILES string of the molecule is CC(C)(C)OC(=O)NC(=C/N)/C(Br)=C\N. The van der Waals surface area contributed by atoms with Gasteiger partial charge >= 0.3 is 6.09 Å². The van der Waals surface area contributed by atoms with Crippen molar-refractivity contribution in [1.29, 1.82) is 0 Å². The van der Waals surface area contributed by atoms with Crippen molar-refractivity contribution in [2.45, 2.75) is 26.4 Å². The van der Waals surface area contributed by atoms with Crippen LogP contribution in [-0.4, -0.2) is 11.7 Å². The van der Waals surface area contributed by atoms with Crippen LogP contribution in [0.15, 0.2) is 22.6 Å². The quantitative estimate of drug-likeness (QED) is 0.668. The highest BCUT2D eigenvalue weighted by molar-refractivity contribution is 9.11. The fourth-order valence-electron chi connectivity index (χ4n) is 0.684. The Balaban J connectivity index is 4.41. The molecule has 15 heavy (non-hydrogen) atoms. The summed E-state index contributed by atoms with van der Waals surface area (Å²) in [5, 5.41) is 2.45. The molecule has 0 saturated carbocycles. The number of ether oxygens (including phenoxy) is 1. The van der Waals surface area contributed by atoms with E-state index in [1.165, 1.54) is 12.4 Å². The first-order valence-corrected chi connectivity index (χ1v) is 5.09. The van der Waals surface area contributed by atoms with Crippen molar-refractivity contribution in [2.24, 2.45) is 11.5 Å². The van der Waals surface area contributed by atoms with Gasteiger partial charge in [0.05, 0.1) is 10.2 Å². The summed E-state index contributed by atoms with van der Waals surface area (Å²) in [6.07, 6.45) is 1.91. The lowest BCUT2D eigenvalue weighted by Crippen LogP contribution is -2.32. The van der Waals surface area contributed by atoms with Crippen LogP contribution in [0.4, 0.5) is 4.79 Å². The van der Waals surface area contributed by atoms with Crippen molar-refractivity contribution in [1.82, 2.24) is 5.32 Å². The molecule has 1 amide bonds. The first kappa shape index (κ1) is 13.8. The van der Waals surface area contributed by atoms with Gasteiger partial charge in [0.25, 0.3) is 0 Å². The Labute approximate surface area is 97.7 Å². The van der Waals surface area contributed by atoms with Gasteiger partial charge in [-0.3, -0.25) is 5.32 Å². The van der Waals surface area contributed by atoms with Crippen molar-refractivity contribution in [3.05, 3.63) is 22.6 Å². The molecule has 0 rings (SSSR count). The first-order valence-electron chi connectivity index (χ1n) is 4.30. The highest BCUT2D eigenvalue weighted by Gasteiger charge is 2.17. The smallest absolute Gasteiger partial charge is 0.412 e.